The molecule has 0 aliphatic heterocycles. The van der Waals surface area contributed by atoms with E-state index in [4.69, 9.17) is 11.6 Å². The third kappa shape index (κ3) is 4.86. The molecule has 0 fully saturated rings. The second-order valence-corrected chi connectivity index (χ2v) is 6.31. The molecule has 1 aromatic heterocycles. The number of halogens is 1. The Kier molecular flexibility index (Phi) is 6.24. The summed E-state index contributed by atoms with van der Waals surface area (Å²) in [7, 11) is 1.30. The van der Waals surface area contributed by atoms with Gasteiger partial charge in [0.15, 0.2) is 0 Å². The van der Waals surface area contributed by atoms with Crippen molar-refractivity contribution in [1.82, 2.24) is 4.98 Å². The number of amides is 1. The molecule has 0 saturated carbocycles. The highest BCUT2D eigenvalue weighted by atomic mass is 35.5. The van der Waals surface area contributed by atoms with Crippen LogP contribution in [0.2, 0.25) is 5.02 Å². The van der Waals surface area contributed by atoms with Crippen LogP contribution in [0.1, 0.15) is 26.4 Å². The second kappa shape index (κ2) is 9.01. The van der Waals surface area contributed by atoms with Crippen LogP contribution in [0.25, 0.3) is 0 Å². The summed E-state index contributed by atoms with van der Waals surface area (Å²) in [4.78, 5) is 28.1. The number of methoxy groups -OCH3 is 1. The van der Waals surface area contributed by atoms with E-state index in [1.165, 1.54) is 7.11 Å². The summed E-state index contributed by atoms with van der Waals surface area (Å²) in [5, 5.41) is 6.62. The van der Waals surface area contributed by atoms with Crippen LogP contribution in [0, 0.1) is 0 Å². The number of aromatic nitrogens is 1. The van der Waals surface area contributed by atoms with Gasteiger partial charge in [0.1, 0.15) is 5.69 Å². The lowest BCUT2D eigenvalue weighted by atomic mass is 10.2. The maximum atomic E-state index is 12.4. The number of anilines is 2. The minimum atomic E-state index is -0.469. The van der Waals surface area contributed by atoms with Gasteiger partial charge in [-0.1, -0.05) is 35.9 Å². The van der Waals surface area contributed by atoms with Crippen molar-refractivity contribution in [2.45, 2.75) is 6.54 Å². The number of carbonyl (C=O) groups excluding carboxylic acids is 2. The summed E-state index contributed by atoms with van der Waals surface area (Å²) in [6.45, 7) is 0.549. The van der Waals surface area contributed by atoms with Crippen LogP contribution in [-0.4, -0.2) is 24.0 Å². The third-order valence-electron chi connectivity index (χ3n) is 3.98. The number of benzene rings is 2. The molecule has 0 aliphatic rings. The Morgan fingerprint density at radius 1 is 1.04 bits per heavy atom. The molecule has 1 heterocycles. The fourth-order valence-corrected chi connectivity index (χ4v) is 2.71. The van der Waals surface area contributed by atoms with Crippen molar-refractivity contribution in [3.63, 3.8) is 0 Å². The monoisotopic (exact) mass is 395 g/mol. The number of hydrogen-bond acceptors (Lipinski definition) is 5. The minimum absolute atomic E-state index is 0.256. The zero-order valence-corrected chi connectivity index (χ0v) is 15.9. The summed E-state index contributed by atoms with van der Waals surface area (Å²) in [6, 6.07) is 17.5. The van der Waals surface area contributed by atoms with Gasteiger partial charge in [0.2, 0.25) is 0 Å². The van der Waals surface area contributed by atoms with Gasteiger partial charge in [0, 0.05) is 17.3 Å². The molecule has 6 nitrogen and oxygen atoms in total. The van der Waals surface area contributed by atoms with E-state index in [2.05, 4.69) is 20.4 Å². The van der Waals surface area contributed by atoms with Crippen LogP contribution in [-0.2, 0) is 11.3 Å². The Morgan fingerprint density at radius 2 is 1.86 bits per heavy atom. The SMILES string of the molecule is COC(=O)c1cccc(NC(=O)c2ccc(NCc3ccccc3Cl)cn2)c1. The average molecular weight is 396 g/mol. The zero-order chi connectivity index (χ0) is 19.9. The Bertz CT molecular complexity index is 990. The molecule has 142 valence electrons. The predicted octanol–water partition coefficient (Wildman–Crippen LogP) is 4.39. The van der Waals surface area contributed by atoms with E-state index < -0.39 is 5.97 Å². The molecule has 0 aliphatic carbocycles. The summed E-state index contributed by atoms with van der Waals surface area (Å²) >= 11 is 6.14. The fourth-order valence-electron chi connectivity index (χ4n) is 2.51. The highest BCUT2D eigenvalue weighted by Gasteiger charge is 2.10. The topological polar surface area (TPSA) is 80.3 Å². The molecule has 28 heavy (non-hydrogen) atoms. The number of pyridine rings is 1. The lowest BCUT2D eigenvalue weighted by Gasteiger charge is -2.09. The highest BCUT2D eigenvalue weighted by Crippen LogP contribution is 2.17. The first-order valence-electron chi connectivity index (χ1n) is 8.50. The quantitative estimate of drug-likeness (QED) is 0.605. The van der Waals surface area contributed by atoms with E-state index in [9.17, 15) is 9.59 Å². The van der Waals surface area contributed by atoms with Gasteiger partial charge in [-0.05, 0) is 42.0 Å². The maximum absolute atomic E-state index is 12.4. The molecule has 0 radical (unpaired) electrons. The van der Waals surface area contributed by atoms with Gasteiger partial charge < -0.3 is 15.4 Å². The van der Waals surface area contributed by atoms with Gasteiger partial charge >= 0.3 is 5.97 Å². The molecule has 0 unspecified atom stereocenters. The van der Waals surface area contributed by atoms with Crippen molar-refractivity contribution in [3.05, 3.63) is 88.7 Å². The molecular weight excluding hydrogens is 378 g/mol. The molecule has 7 heteroatoms. The Balaban J connectivity index is 1.62. The molecular formula is C21H18ClN3O3. The number of esters is 1. The number of rotatable bonds is 6. The molecule has 0 saturated heterocycles. The van der Waals surface area contributed by atoms with Gasteiger partial charge in [0.05, 0.1) is 24.6 Å². The van der Waals surface area contributed by atoms with E-state index >= 15 is 0 Å². The molecule has 3 rings (SSSR count). The first kappa shape index (κ1) is 19.4. The van der Waals surface area contributed by atoms with E-state index in [0.717, 1.165) is 11.3 Å². The van der Waals surface area contributed by atoms with Crippen LogP contribution in [0.3, 0.4) is 0 Å². The maximum Gasteiger partial charge on any atom is 0.337 e. The lowest BCUT2D eigenvalue weighted by Crippen LogP contribution is -2.14. The molecule has 2 aromatic carbocycles. The average Bonchev–Trinajstić information content (AvgIpc) is 2.73. The van der Waals surface area contributed by atoms with Crippen molar-refractivity contribution in [2.75, 3.05) is 17.7 Å². The summed E-state index contributed by atoms with van der Waals surface area (Å²) in [5.74, 6) is -0.845. The normalized spacial score (nSPS) is 10.2. The molecule has 0 spiro atoms. The van der Waals surface area contributed by atoms with Crippen molar-refractivity contribution < 1.29 is 14.3 Å². The predicted molar refractivity (Wildman–Crippen MR) is 109 cm³/mol. The zero-order valence-electron chi connectivity index (χ0n) is 15.1. The van der Waals surface area contributed by atoms with Crippen LogP contribution in [0.4, 0.5) is 11.4 Å². The van der Waals surface area contributed by atoms with Crippen LogP contribution in [0.15, 0.2) is 66.9 Å². The smallest absolute Gasteiger partial charge is 0.337 e. The number of carbonyl (C=O) groups is 2. The minimum Gasteiger partial charge on any atom is -0.465 e. The van der Waals surface area contributed by atoms with Gasteiger partial charge in [-0.3, -0.25) is 4.79 Å². The summed E-state index contributed by atoms with van der Waals surface area (Å²) in [6.07, 6.45) is 1.58. The summed E-state index contributed by atoms with van der Waals surface area (Å²) in [5.41, 5.74) is 2.83. The molecule has 0 atom stereocenters. The van der Waals surface area contributed by atoms with Crippen LogP contribution < -0.4 is 10.6 Å². The number of nitrogens with one attached hydrogen (secondary N) is 2. The molecule has 2 N–H and O–H groups in total. The van der Waals surface area contributed by atoms with Crippen molar-refractivity contribution >= 4 is 34.9 Å². The van der Waals surface area contributed by atoms with E-state index in [-0.39, 0.29) is 11.6 Å². The Morgan fingerprint density at radius 3 is 2.57 bits per heavy atom. The van der Waals surface area contributed by atoms with Gasteiger partial charge in [-0.25, -0.2) is 9.78 Å². The van der Waals surface area contributed by atoms with Crippen LogP contribution >= 0.6 is 11.6 Å². The Hall–Kier alpha value is -3.38. The van der Waals surface area contributed by atoms with Crippen molar-refractivity contribution in [2.24, 2.45) is 0 Å². The largest absolute Gasteiger partial charge is 0.465 e. The summed E-state index contributed by atoms with van der Waals surface area (Å²) < 4.78 is 4.68. The van der Waals surface area contributed by atoms with E-state index in [0.29, 0.717) is 22.8 Å². The standard InChI is InChI=1S/C21H18ClN3O3/c1-28-21(27)14-6-4-7-16(11-14)25-20(26)19-10-9-17(13-24-19)23-12-15-5-2-3-8-18(15)22/h2-11,13,23H,12H2,1H3,(H,25,26). The number of hydrogen-bond donors (Lipinski definition) is 2. The second-order valence-electron chi connectivity index (χ2n) is 5.90. The fraction of sp³-hybridized carbons (Fsp3) is 0.0952. The highest BCUT2D eigenvalue weighted by molar-refractivity contribution is 6.31. The first-order valence-corrected chi connectivity index (χ1v) is 8.87. The van der Waals surface area contributed by atoms with E-state index in [1.54, 1.807) is 42.6 Å². The van der Waals surface area contributed by atoms with Gasteiger partial charge in [-0.2, -0.15) is 0 Å². The third-order valence-corrected chi connectivity index (χ3v) is 4.35. The Labute approximate surface area is 167 Å². The van der Waals surface area contributed by atoms with Gasteiger partial charge in [0.25, 0.3) is 5.91 Å². The lowest BCUT2D eigenvalue weighted by molar-refractivity contribution is 0.0600. The molecule has 1 amide bonds. The van der Waals surface area contributed by atoms with Gasteiger partial charge in [-0.15, -0.1) is 0 Å². The van der Waals surface area contributed by atoms with E-state index in [1.807, 2.05) is 24.3 Å². The van der Waals surface area contributed by atoms with Crippen molar-refractivity contribution in [1.29, 1.82) is 0 Å². The van der Waals surface area contributed by atoms with Crippen LogP contribution in [0.5, 0.6) is 0 Å². The van der Waals surface area contributed by atoms with Crippen molar-refractivity contribution in [3.8, 4) is 0 Å². The molecule has 3 aromatic rings. The first-order chi connectivity index (χ1) is 13.6. The number of nitrogens with zero attached hydrogens (tertiary/aromatic N) is 1. The number of ether oxygens (including phenoxy) is 1. The molecule has 0 bridgehead atoms.